The van der Waals surface area contributed by atoms with Crippen LogP contribution in [0.15, 0.2) is 12.4 Å². The first-order valence-corrected chi connectivity index (χ1v) is 6.20. The number of nitrogen functional groups attached to an aromatic ring is 1. The largest absolute Gasteiger partial charge is 0.450 e. The first kappa shape index (κ1) is 13.3. The van der Waals surface area contributed by atoms with Crippen molar-refractivity contribution in [3.8, 4) is 0 Å². The third kappa shape index (κ3) is 3.22. The van der Waals surface area contributed by atoms with E-state index in [1.165, 1.54) is 6.33 Å². The number of hydrogen-bond donors (Lipinski definition) is 2. The molecule has 8 heteroatoms. The lowest BCUT2D eigenvalue weighted by Crippen LogP contribution is -2.49. The molecule has 0 aliphatic carbocycles. The van der Waals surface area contributed by atoms with Gasteiger partial charge in [0.2, 0.25) is 0 Å². The van der Waals surface area contributed by atoms with Gasteiger partial charge in [-0.1, -0.05) is 0 Å². The van der Waals surface area contributed by atoms with Crippen molar-refractivity contribution in [3.63, 3.8) is 0 Å². The SMILES string of the molecule is CCOC(=O)N1CCN(c2cc(NN)ncn2)CC1. The van der Waals surface area contributed by atoms with Crippen LogP contribution in [0.5, 0.6) is 0 Å². The van der Waals surface area contributed by atoms with Gasteiger partial charge in [0.1, 0.15) is 18.0 Å². The maximum Gasteiger partial charge on any atom is 0.409 e. The number of carbonyl (C=O) groups excluding carboxylic acids is 1. The molecule has 19 heavy (non-hydrogen) atoms. The first-order valence-electron chi connectivity index (χ1n) is 6.20. The Morgan fingerprint density at radius 2 is 2.16 bits per heavy atom. The van der Waals surface area contributed by atoms with Gasteiger partial charge >= 0.3 is 6.09 Å². The summed E-state index contributed by atoms with van der Waals surface area (Å²) in [5.74, 6) is 6.68. The number of aromatic nitrogens is 2. The molecular formula is C11H18N6O2. The second-order valence-electron chi connectivity index (χ2n) is 4.08. The van der Waals surface area contributed by atoms with Gasteiger partial charge in [0, 0.05) is 32.2 Å². The van der Waals surface area contributed by atoms with Crippen LogP contribution in [0.25, 0.3) is 0 Å². The Morgan fingerprint density at radius 1 is 1.42 bits per heavy atom. The number of nitrogens with one attached hydrogen (secondary N) is 1. The molecule has 1 aliphatic rings. The zero-order valence-electron chi connectivity index (χ0n) is 10.9. The van der Waals surface area contributed by atoms with Gasteiger partial charge in [-0.05, 0) is 6.92 Å². The van der Waals surface area contributed by atoms with E-state index in [2.05, 4.69) is 20.3 Å². The van der Waals surface area contributed by atoms with E-state index in [4.69, 9.17) is 10.6 Å². The molecule has 1 saturated heterocycles. The van der Waals surface area contributed by atoms with E-state index >= 15 is 0 Å². The van der Waals surface area contributed by atoms with Crippen molar-refractivity contribution >= 4 is 17.7 Å². The van der Waals surface area contributed by atoms with E-state index in [1.54, 1.807) is 17.9 Å². The molecule has 2 heterocycles. The summed E-state index contributed by atoms with van der Waals surface area (Å²) in [6.07, 6.45) is 1.21. The summed E-state index contributed by atoms with van der Waals surface area (Å²) in [5, 5.41) is 0. The van der Waals surface area contributed by atoms with Crippen molar-refractivity contribution in [2.24, 2.45) is 5.84 Å². The van der Waals surface area contributed by atoms with E-state index in [-0.39, 0.29) is 6.09 Å². The van der Waals surface area contributed by atoms with Crippen LogP contribution in [0, 0.1) is 0 Å². The lowest BCUT2D eigenvalue weighted by Gasteiger charge is -2.34. The minimum absolute atomic E-state index is 0.255. The number of rotatable bonds is 3. The van der Waals surface area contributed by atoms with Crippen LogP contribution in [0.4, 0.5) is 16.4 Å². The standard InChI is InChI=1S/C11H18N6O2/c1-2-19-11(18)17-5-3-16(4-6-17)10-7-9(15-12)13-8-14-10/h7-8H,2-6,12H2,1H3,(H,13,14,15). The predicted octanol–water partition coefficient (Wildman–Crippen LogP) is 0.0407. The van der Waals surface area contributed by atoms with Crippen LogP contribution in [0.2, 0.25) is 0 Å². The fourth-order valence-electron chi connectivity index (χ4n) is 1.93. The number of nitrogens with zero attached hydrogens (tertiary/aromatic N) is 4. The molecule has 0 saturated carbocycles. The highest BCUT2D eigenvalue weighted by molar-refractivity contribution is 5.68. The molecule has 0 atom stereocenters. The molecule has 0 bridgehead atoms. The van der Waals surface area contributed by atoms with Crippen molar-refractivity contribution < 1.29 is 9.53 Å². The van der Waals surface area contributed by atoms with E-state index < -0.39 is 0 Å². The molecule has 1 amide bonds. The minimum atomic E-state index is -0.255. The monoisotopic (exact) mass is 266 g/mol. The summed E-state index contributed by atoms with van der Waals surface area (Å²) in [5.41, 5.74) is 2.49. The molecule has 1 aromatic rings. The summed E-state index contributed by atoms with van der Waals surface area (Å²) in [7, 11) is 0. The van der Waals surface area contributed by atoms with Crippen LogP contribution >= 0.6 is 0 Å². The van der Waals surface area contributed by atoms with Gasteiger partial charge in [-0.3, -0.25) is 0 Å². The second-order valence-corrected chi connectivity index (χ2v) is 4.08. The maximum absolute atomic E-state index is 11.6. The van der Waals surface area contributed by atoms with Gasteiger partial charge < -0.3 is 20.0 Å². The molecule has 0 unspecified atom stereocenters. The van der Waals surface area contributed by atoms with Gasteiger partial charge in [0.25, 0.3) is 0 Å². The average Bonchev–Trinajstić information content (AvgIpc) is 2.48. The third-order valence-corrected chi connectivity index (χ3v) is 2.93. The molecule has 1 fully saturated rings. The van der Waals surface area contributed by atoms with Crippen LogP contribution in [-0.2, 0) is 4.74 Å². The molecule has 8 nitrogen and oxygen atoms in total. The minimum Gasteiger partial charge on any atom is -0.450 e. The smallest absolute Gasteiger partial charge is 0.409 e. The molecule has 1 aliphatic heterocycles. The van der Waals surface area contributed by atoms with Gasteiger partial charge in [0.15, 0.2) is 0 Å². The lowest BCUT2D eigenvalue weighted by molar-refractivity contribution is 0.105. The summed E-state index contributed by atoms with van der Waals surface area (Å²) in [4.78, 5) is 23.5. The highest BCUT2D eigenvalue weighted by Crippen LogP contribution is 2.15. The Labute approximate surface area is 111 Å². The topological polar surface area (TPSA) is 96.6 Å². The molecule has 0 radical (unpaired) electrons. The number of anilines is 2. The van der Waals surface area contributed by atoms with E-state index in [0.29, 0.717) is 38.6 Å². The first-order chi connectivity index (χ1) is 9.24. The van der Waals surface area contributed by atoms with Gasteiger partial charge in [-0.15, -0.1) is 0 Å². The fourth-order valence-corrected chi connectivity index (χ4v) is 1.93. The molecular weight excluding hydrogens is 248 g/mol. The Hall–Kier alpha value is -2.09. The fraction of sp³-hybridized carbons (Fsp3) is 0.545. The average molecular weight is 266 g/mol. The predicted molar refractivity (Wildman–Crippen MR) is 70.7 cm³/mol. The van der Waals surface area contributed by atoms with Crippen molar-refractivity contribution in [2.45, 2.75) is 6.92 Å². The van der Waals surface area contributed by atoms with Crippen LogP contribution in [0.1, 0.15) is 6.92 Å². The molecule has 0 aromatic carbocycles. The van der Waals surface area contributed by atoms with Crippen molar-refractivity contribution in [2.75, 3.05) is 43.1 Å². The number of nitrogens with two attached hydrogens (primary N) is 1. The number of amides is 1. The second kappa shape index (κ2) is 6.19. The highest BCUT2D eigenvalue weighted by Gasteiger charge is 2.22. The molecule has 2 rings (SSSR count). The summed E-state index contributed by atoms with van der Waals surface area (Å²) < 4.78 is 4.98. The normalized spacial score (nSPS) is 15.3. The van der Waals surface area contributed by atoms with E-state index in [0.717, 1.165) is 5.82 Å². The highest BCUT2D eigenvalue weighted by atomic mass is 16.6. The van der Waals surface area contributed by atoms with Gasteiger partial charge in [0.05, 0.1) is 6.61 Å². The number of ether oxygens (including phenoxy) is 1. The number of hydrazine groups is 1. The molecule has 0 spiro atoms. The van der Waals surface area contributed by atoms with Crippen LogP contribution < -0.4 is 16.2 Å². The summed E-state index contributed by atoms with van der Waals surface area (Å²) in [6.45, 7) is 4.86. The van der Waals surface area contributed by atoms with E-state index in [1.807, 2.05) is 0 Å². The number of piperazine rings is 1. The third-order valence-electron chi connectivity index (χ3n) is 2.93. The van der Waals surface area contributed by atoms with Crippen LogP contribution in [0.3, 0.4) is 0 Å². The summed E-state index contributed by atoms with van der Waals surface area (Å²) >= 11 is 0. The Morgan fingerprint density at radius 3 is 2.79 bits per heavy atom. The van der Waals surface area contributed by atoms with E-state index in [9.17, 15) is 4.79 Å². The van der Waals surface area contributed by atoms with Crippen LogP contribution in [-0.4, -0.2) is 53.7 Å². The molecule has 1 aromatic heterocycles. The van der Waals surface area contributed by atoms with Crippen molar-refractivity contribution in [1.29, 1.82) is 0 Å². The number of hydrogen-bond acceptors (Lipinski definition) is 7. The number of carbonyl (C=O) groups is 1. The lowest BCUT2D eigenvalue weighted by atomic mass is 10.3. The Bertz CT molecular complexity index is 433. The molecule has 3 N–H and O–H groups in total. The maximum atomic E-state index is 11.6. The van der Waals surface area contributed by atoms with Gasteiger partial charge in [-0.25, -0.2) is 20.6 Å². The van der Waals surface area contributed by atoms with Gasteiger partial charge in [-0.2, -0.15) is 0 Å². The Kier molecular flexibility index (Phi) is 4.35. The Balaban J connectivity index is 1.94. The summed E-state index contributed by atoms with van der Waals surface area (Å²) in [6, 6.07) is 1.78. The zero-order valence-corrected chi connectivity index (χ0v) is 10.9. The van der Waals surface area contributed by atoms with Crippen molar-refractivity contribution in [1.82, 2.24) is 14.9 Å². The molecule has 104 valence electrons. The van der Waals surface area contributed by atoms with Crippen molar-refractivity contribution in [3.05, 3.63) is 12.4 Å². The quantitative estimate of drug-likeness (QED) is 0.589. The zero-order chi connectivity index (χ0) is 13.7.